The zero-order valence-electron chi connectivity index (χ0n) is 21.4. The maximum absolute atomic E-state index is 13.4. The molecule has 3 saturated heterocycles. The lowest BCUT2D eigenvalue weighted by Gasteiger charge is -2.58. The fourth-order valence-corrected chi connectivity index (χ4v) is 7.17. The summed E-state index contributed by atoms with van der Waals surface area (Å²) >= 11 is 0. The predicted octanol–water partition coefficient (Wildman–Crippen LogP) is 3.61. The van der Waals surface area contributed by atoms with E-state index in [9.17, 15) is 21.6 Å². The molecule has 2 unspecified atom stereocenters. The number of morpholine rings is 1. The monoisotopic (exact) mass is 566 g/mol. The summed E-state index contributed by atoms with van der Waals surface area (Å²) in [7, 11) is -0.794. The van der Waals surface area contributed by atoms with Gasteiger partial charge in [0, 0.05) is 56.7 Å². The summed E-state index contributed by atoms with van der Waals surface area (Å²) in [6.07, 6.45) is -1.75. The van der Waals surface area contributed by atoms with Gasteiger partial charge in [-0.25, -0.2) is 13.4 Å². The molecule has 210 valence electrons. The fraction of sp³-hybridized carbons (Fsp3) is 0.480. The van der Waals surface area contributed by atoms with Gasteiger partial charge in [0.15, 0.2) is 0 Å². The molecular formula is C25H29F3N6O4S. The Morgan fingerprint density at radius 3 is 2.54 bits per heavy atom. The summed E-state index contributed by atoms with van der Waals surface area (Å²) in [5.41, 5.74) is -0.113. The maximum atomic E-state index is 13.4. The number of nitrogens with one attached hydrogen (secondary N) is 3. The maximum Gasteiger partial charge on any atom is 0.418 e. The van der Waals surface area contributed by atoms with Crippen LogP contribution in [0.5, 0.6) is 5.75 Å². The molecule has 3 fully saturated rings. The van der Waals surface area contributed by atoms with Gasteiger partial charge in [0.25, 0.3) is 0 Å². The molecule has 2 atom stereocenters. The standard InChI is InChI=1S/C25H29F3N6O4S/c1-29-18-10-22(32-24-23(18)16(11-30-24)25(26,27)28)31-17-4-3-15(9-20(17)37-2)39(35,36)33-7-5-14(6-8-33)34-12-21-19(34)13-38-21/h3-4,9-11,14,19,21H,5-8,12-13H2,1-2H3,(H3,29,30,31,32). The van der Waals surface area contributed by atoms with E-state index in [0.29, 0.717) is 37.0 Å². The zero-order valence-corrected chi connectivity index (χ0v) is 22.2. The van der Waals surface area contributed by atoms with Gasteiger partial charge >= 0.3 is 6.18 Å². The van der Waals surface area contributed by atoms with Gasteiger partial charge < -0.3 is 25.1 Å². The van der Waals surface area contributed by atoms with Crippen molar-refractivity contribution in [3.05, 3.63) is 36.0 Å². The van der Waals surface area contributed by atoms with Gasteiger partial charge in [-0.1, -0.05) is 0 Å². The molecular weight excluding hydrogens is 537 g/mol. The molecule has 0 saturated carbocycles. The Labute approximate surface area is 223 Å². The van der Waals surface area contributed by atoms with Crippen LogP contribution in [0.15, 0.2) is 35.4 Å². The first-order valence-corrected chi connectivity index (χ1v) is 14.1. The van der Waals surface area contributed by atoms with E-state index < -0.39 is 21.8 Å². The Bertz CT molecular complexity index is 1500. The third-order valence-electron chi connectivity index (χ3n) is 7.91. The second kappa shape index (κ2) is 9.54. The number of likely N-dealkylation sites (tertiary alicyclic amines) is 1. The van der Waals surface area contributed by atoms with Gasteiger partial charge in [0.1, 0.15) is 17.2 Å². The minimum atomic E-state index is -4.54. The van der Waals surface area contributed by atoms with Crippen molar-refractivity contribution in [1.82, 2.24) is 19.2 Å². The molecule has 39 heavy (non-hydrogen) atoms. The van der Waals surface area contributed by atoms with Crippen molar-refractivity contribution in [2.24, 2.45) is 0 Å². The number of piperidine rings is 1. The Morgan fingerprint density at radius 2 is 1.95 bits per heavy atom. The van der Waals surface area contributed by atoms with E-state index in [1.54, 1.807) is 6.07 Å². The zero-order chi connectivity index (χ0) is 27.5. The van der Waals surface area contributed by atoms with Crippen LogP contribution in [-0.4, -0.2) is 86.2 Å². The second-order valence-electron chi connectivity index (χ2n) is 9.99. The van der Waals surface area contributed by atoms with Crippen LogP contribution in [0.2, 0.25) is 0 Å². The van der Waals surface area contributed by atoms with Gasteiger partial charge in [-0.2, -0.15) is 17.5 Å². The van der Waals surface area contributed by atoms with E-state index in [2.05, 4.69) is 25.5 Å². The number of pyridine rings is 1. The SMILES string of the molecule is CNc1cc(Nc2ccc(S(=O)(=O)N3CCC(N4CC5OCC54)CC3)cc2OC)nc2[nH]cc(C(F)(F)F)c12. The molecule has 3 aliphatic heterocycles. The average molecular weight is 567 g/mol. The van der Waals surface area contributed by atoms with Gasteiger partial charge in [0.2, 0.25) is 10.0 Å². The number of halogens is 3. The highest BCUT2D eigenvalue weighted by Crippen LogP contribution is 2.40. The Hall–Kier alpha value is -3.07. The molecule has 14 heteroatoms. The smallest absolute Gasteiger partial charge is 0.418 e. The number of anilines is 3. The minimum Gasteiger partial charge on any atom is -0.495 e. The van der Waals surface area contributed by atoms with Crippen molar-refractivity contribution in [2.75, 3.05) is 51.0 Å². The number of hydrogen-bond acceptors (Lipinski definition) is 8. The van der Waals surface area contributed by atoms with E-state index in [-0.39, 0.29) is 33.2 Å². The quantitative estimate of drug-likeness (QED) is 0.398. The summed E-state index contributed by atoms with van der Waals surface area (Å²) < 4.78 is 79.6. The molecule has 3 aromatic rings. The summed E-state index contributed by atoms with van der Waals surface area (Å²) in [5, 5.41) is 5.76. The van der Waals surface area contributed by atoms with Crippen LogP contribution in [-0.2, 0) is 20.9 Å². The van der Waals surface area contributed by atoms with E-state index in [0.717, 1.165) is 32.2 Å². The van der Waals surface area contributed by atoms with Crippen molar-refractivity contribution in [3.8, 4) is 5.75 Å². The number of H-pyrrole nitrogens is 1. The highest BCUT2D eigenvalue weighted by atomic mass is 32.2. The van der Waals surface area contributed by atoms with Crippen LogP contribution in [0.1, 0.15) is 18.4 Å². The molecule has 5 heterocycles. The topological polar surface area (TPSA) is 112 Å². The number of nitrogens with zero attached hydrogens (tertiary/aromatic N) is 3. The summed E-state index contributed by atoms with van der Waals surface area (Å²) in [4.78, 5) is 9.40. The number of rotatable bonds is 7. The third-order valence-corrected chi connectivity index (χ3v) is 9.80. The molecule has 3 aliphatic rings. The average Bonchev–Trinajstić information content (AvgIpc) is 3.35. The van der Waals surface area contributed by atoms with E-state index in [4.69, 9.17) is 9.47 Å². The molecule has 0 radical (unpaired) electrons. The lowest BCUT2D eigenvalue weighted by atomic mass is 9.89. The summed E-state index contributed by atoms with van der Waals surface area (Å²) in [6.45, 7) is 2.58. The lowest BCUT2D eigenvalue weighted by molar-refractivity contribution is -0.229. The molecule has 3 N–H and O–H groups in total. The minimum absolute atomic E-state index is 0.0526. The molecule has 2 aromatic heterocycles. The van der Waals surface area contributed by atoms with Gasteiger partial charge in [-0.3, -0.25) is 4.90 Å². The van der Waals surface area contributed by atoms with Crippen LogP contribution in [0.25, 0.3) is 11.0 Å². The van der Waals surface area contributed by atoms with Gasteiger partial charge in [-0.15, -0.1) is 0 Å². The number of benzene rings is 1. The number of fused-ring (bicyclic) bond motifs is 2. The number of hydrogen-bond donors (Lipinski definition) is 3. The molecule has 0 bridgehead atoms. The molecule has 1 aromatic carbocycles. The fourth-order valence-electron chi connectivity index (χ4n) is 5.68. The normalized spacial score (nSPS) is 22.7. The van der Waals surface area contributed by atoms with Crippen LogP contribution < -0.4 is 15.4 Å². The van der Waals surface area contributed by atoms with Gasteiger partial charge in [-0.05, 0) is 25.0 Å². The number of aromatic nitrogens is 2. The Balaban J connectivity index is 1.20. The number of sulfonamides is 1. The highest BCUT2D eigenvalue weighted by Gasteiger charge is 2.50. The van der Waals surface area contributed by atoms with Crippen molar-refractivity contribution in [2.45, 2.75) is 42.1 Å². The second-order valence-corrected chi connectivity index (χ2v) is 11.9. The largest absolute Gasteiger partial charge is 0.495 e. The van der Waals surface area contributed by atoms with Crippen LogP contribution in [0, 0.1) is 0 Å². The van der Waals surface area contributed by atoms with E-state index in [1.807, 2.05) is 0 Å². The van der Waals surface area contributed by atoms with Crippen molar-refractivity contribution < 1.29 is 31.1 Å². The first-order valence-electron chi connectivity index (χ1n) is 12.7. The number of ether oxygens (including phenoxy) is 2. The van der Waals surface area contributed by atoms with Crippen LogP contribution in [0.3, 0.4) is 0 Å². The molecule has 0 amide bonds. The summed E-state index contributed by atoms with van der Waals surface area (Å²) in [5.74, 6) is 0.515. The first kappa shape index (κ1) is 26.2. The molecule has 0 spiro atoms. The number of methoxy groups -OCH3 is 1. The number of alkyl halides is 3. The summed E-state index contributed by atoms with van der Waals surface area (Å²) in [6, 6.07) is 6.83. The van der Waals surface area contributed by atoms with E-state index in [1.165, 1.54) is 36.7 Å². The Morgan fingerprint density at radius 1 is 1.18 bits per heavy atom. The van der Waals surface area contributed by atoms with E-state index >= 15 is 0 Å². The number of aromatic amines is 1. The predicted molar refractivity (Wildman–Crippen MR) is 139 cm³/mol. The third kappa shape index (κ3) is 4.48. The molecule has 6 rings (SSSR count). The first-order chi connectivity index (χ1) is 18.6. The Kier molecular flexibility index (Phi) is 6.40. The van der Waals surface area contributed by atoms with Crippen molar-refractivity contribution >= 4 is 38.2 Å². The van der Waals surface area contributed by atoms with Gasteiger partial charge in [0.05, 0.1) is 47.4 Å². The highest BCUT2D eigenvalue weighted by molar-refractivity contribution is 7.89. The van der Waals surface area contributed by atoms with Crippen LogP contribution in [0.4, 0.5) is 30.4 Å². The van der Waals surface area contributed by atoms with Crippen molar-refractivity contribution in [1.29, 1.82) is 0 Å². The lowest BCUT2D eigenvalue weighted by Crippen LogP contribution is -2.73. The molecule has 0 aliphatic carbocycles. The van der Waals surface area contributed by atoms with Crippen molar-refractivity contribution in [3.63, 3.8) is 0 Å². The van der Waals surface area contributed by atoms with Crippen LogP contribution >= 0.6 is 0 Å². The molecule has 10 nitrogen and oxygen atoms in total.